The smallest absolute Gasteiger partial charge is 0.312 e. The van der Waals surface area contributed by atoms with E-state index in [9.17, 15) is 32.1 Å². The summed E-state index contributed by atoms with van der Waals surface area (Å²) in [6.45, 7) is -0.476. The van der Waals surface area contributed by atoms with E-state index in [0.717, 1.165) is 12.1 Å². The fraction of sp³-hybridized carbons (Fsp3) is 0.250. The molecule has 0 aromatic heterocycles. The SMILES string of the molecule is NS(=O)(=O)CCNS(=O)(=O)c1ccc(O)c([N+](=O)[O-])c1. The van der Waals surface area contributed by atoms with Crippen molar-refractivity contribution in [3.05, 3.63) is 28.3 Å². The van der Waals surface area contributed by atoms with Gasteiger partial charge in [0, 0.05) is 12.6 Å². The summed E-state index contributed by atoms with van der Waals surface area (Å²) in [6.07, 6.45) is 0. The summed E-state index contributed by atoms with van der Waals surface area (Å²) in [4.78, 5) is 9.16. The van der Waals surface area contributed by atoms with Crippen LogP contribution in [0.15, 0.2) is 23.1 Å². The van der Waals surface area contributed by atoms with Crippen molar-refractivity contribution in [2.45, 2.75) is 4.90 Å². The number of hydrogen-bond donors (Lipinski definition) is 3. The molecule has 4 N–H and O–H groups in total. The Balaban J connectivity index is 2.99. The molecule has 0 aliphatic heterocycles. The first-order chi connectivity index (χ1) is 9.03. The molecule has 0 atom stereocenters. The van der Waals surface area contributed by atoms with Gasteiger partial charge in [-0.2, -0.15) is 0 Å². The highest BCUT2D eigenvalue weighted by molar-refractivity contribution is 7.90. The molecular formula is C8H11N3O7S2. The summed E-state index contributed by atoms with van der Waals surface area (Å²) < 4.78 is 46.8. The first kappa shape index (κ1) is 16.3. The van der Waals surface area contributed by atoms with Gasteiger partial charge in [-0.05, 0) is 12.1 Å². The van der Waals surface area contributed by atoms with Crippen molar-refractivity contribution in [3.8, 4) is 5.75 Å². The van der Waals surface area contributed by atoms with E-state index >= 15 is 0 Å². The Labute approximate surface area is 114 Å². The lowest BCUT2D eigenvalue weighted by Crippen LogP contribution is -2.31. The number of rotatable bonds is 6. The molecule has 0 fully saturated rings. The van der Waals surface area contributed by atoms with Crippen molar-refractivity contribution >= 4 is 25.7 Å². The van der Waals surface area contributed by atoms with Crippen LogP contribution in [0.1, 0.15) is 0 Å². The molecule has 12 heteroatoms. The van der Waals surface area contributed by atoms with Crippen LogP contribution in [0.4, 0.5) is 5.69 Å². The van der Waals surface area contributed by atoms with Crippen LogP contribution in [-0.4, -0.2) is 39.2 Å². The topological polar surface area (TPSA) is 170 Å². The van der Waals surface area contributed by atoms with Crippen LogP contribution in [0.3, 0.4) is 0 Å². The molecule has 0 unspecified atom stereocenters. The fourth-order valence-electron chi connectivity index (χ4n) is 1.22. The van der Waals surface area contributed by atoms with Crippen molar-refractivity contribution in [3.63, 3.8) is 0 Å². The third-order valence-corrected chi connectivity index (χ3v) is 4.36. The number of benzene rings is 1. The summed E-state index contributed by atoms with van der Waals surface area (Å²) in [5.74, 6) is -1.30. The third kappa shape index (κ3) is 4.41. The van der Waals surface area contributed by atoms with Gasteiger partial charge in [0.1, 0.15) is 0 Å². The lowest BCUT2D eigenvalue weighted by molar-refractivity contribution is -0.386. The van der Waals surface area contributed by atoms with Gasteiger partial charge in [-0.15, -0.1) is 0 Å². The lowest BCUT2D eigenvalue weighted by atomic mass is 10.3. The summed E-state index contributed by atoms with van der Waals surface area (Å²) in [5, 5.41) is 24.5. The molecule has 0 aliphatic carbocycles. The quantitative estimate of drug-likeness (QED) is 0.438. The number of nitro groups is 1. The van der Waals surface area contributed by atoms with Crippen LogP contribution in [0, 0.1) is 10.1 Å². The van der Waals surface area contributed by atoms with Crippen molar-refractivity contribution < 1.29 is 26.9 Å². The van der Waals surface area contributed by atoms with Gasteiger partial charge in [-0.25, -0.2) is 26.7 Å². The van der Waals surface area contributed by atoms with Crippen LogP contribution >= 0.6 is 0 Å². The second-order valence-corrected chi connectivity index (χ2v) is 7.17. The molecule has 0 saturated carbocycles. The number of aromatic hydroxyl groups is 1. The van der Waals surface area contributed by atoms with E-state index < -0.39 is 53.6 Å². The number of nitrogens with zero attached hydrogens (tertiary/aromatic N) is 1. The fourth-order valence-corrected chi connectivity index (χ4v) is 2.79. The van der Waals surface area contributed by atoms with E-state index in [1.54, 1.807) is 0 Å². The molecule has 0 radical (unpaired) electrons. The predicted octanol–water partition coefficient (Wildman–Crippen LogP) is -1.13. The number of sulfonamides is 2. The zero-order chi connectivity index (χ0) is 15.6. The highest BCUT2D eigenvalue weighted by Gasteiger charge is 2.21. The Hall–Kier alpha value is -1.76. The minimum Gasteiger partial charge on any atom is -0.502 e. The highest BCUT2D eigenvalue weighted by atomic mass is 32.2. The summed E-state index contributed by atoms with van der Waals surface area (Å²) in [7, 11) is -7.97. The zero-order valence-corrected chi connectivity index (χ0v) is 11.5. The van der Waals surface area contributed by atoms with Gasteiger partial charge >= 0.3 is 5.69 Å². The maximum Gasteiger partial charge on any atom is 0.312 e. The Morgan fingerprint density at radius 3 is 2.40 bits per heavy atom. The van der Waals surface area contributed by atoms with Crippen LogP contribution in [0.25, 0.3) is 0 Å². The number of phenolic OH excluding ortho intramolecular Hbond substituents is 1. The average Bonchev–Trinajstić information content (AvgIpc) is 2.26. The molecule has 112 valence electrons. The Morgan fingerprint density at radius 2 is 1.90 bits per heavy atom. The van der Waals surface area contributed by atoms with Crippen molar-refractivity contribution in [1.29, 1.82) is 0 Å². The minimum atomic E-state index is -4.14. The normalized spacial score (nSPS) is 12.2. The zero-order valence-electron chi connectivity index (χ0n) is 9.88. The van der Waals surface area contributed by atoms with E-state index in [-0.39, 0.29) is 0 Å². The Bertz CT molecular complexity index is 726. The molecule has 1 rings (SSSR count). The van der Waals surface area contributed by atoms with Crippen molar-refractivity contribution in [2.24, 2.45) is 5.14 Å². The van der Waals surface area contributed by atoms with Gasteiger partial charge in [0.2, 0.25) is 20.0 Å². The molecular weight excluding hydrogens is 314 g/mol. The van der Waals surface area contributed by atoms with Gasteiger partial charge in [0.25, 0.3) is 0 Å². The van der Waals surface area contributed by atoms with Gasteiger partial charge in [0.15, 0.2) is 5.75 Å². The lowest BCUT2D eigenvalue weighted by Gasteiger charge is -2.06. The van der Waals surface area contributed by atoms with Crippen LogP contribution in [-0.2, 0) is 20.0 Å². The van der Waals surface area contributed by atoms with Gasteiger partial charge in [-0.1, -0.05) is 0 Å². The predicted molar refractivity (Wildman–Crippen MR) is 67.9 cm³/mol. The second-order valence-electron chi connectivity index (χ2n) is 3.67. The number of hydrogen-bond acceptors (Lipinski definition) is 7. The molecule has 0 bridgehead atoms. The van der Waals surface area contributed by atoms with Gasteiger partial charge in [0.05, 0.1) is 15.6 Å². The monoisotopic (exact) mass is 325 g/mol. The summed E-state index contributed by atoms with van der Waals surface area (Å²) in [5.41, 5.74) is -0.778. The summed E-state index contributed by atoms with van der Waals surface area (Å²) in [6, 6.07) is 2.46. The Kier molecular flexibility index (Phi) is 4.65. The number of primary sulfonamides is 1. The van der Waals surface area contributed by atoms with E-state index in [4.69, 9.17) is 5.14 Å². The van der Waals surface area contributed by atoms with E-state index in [1.807, 2.05) is 4.72 Å². The molecule has 10 nitrogen and oxygen atoms in total. The van der Waals surface area contributed by atoms with E-state index in [2.05, 4.69) is 0 Å². The number of phenols is 1. The molecule has 0 heterocycles. The molecule has 0 saturated heterocycles. The summed E-state index contributed by atoms with van der Waals surface area (Å²) >= 11 is 0. The van der Waals surface area contributed by atoms with Crippen LogP contribution in [0.5, 0.6) is 5.75 Å². The molecule has 1 aromatic carbocycles. The van der Waals surface area contributed by atoms with Gasteiger partial charge in [-0.3, -0.25) is 10.1 Å². The van der Waals surface area contributed by atoms with Crippen molar-refractivity contribution in [2.75, 3.05) is 12.3 Å². The third-order valence-electron chi connectivity index (χ3n) is 2.13. The van der Waals surface area contributed by atoms with Gasteiger partial charge < -0.3 is 5.11 Å². The minimum absolute atomic E-state index is 0.476. The first-order valence-electron chi connectivity index (χ1n) is 5.00. The molecule has 0 spiro atoms. The molecule has 20 heavy (non-hydrogen) atoms. The van der Waals surface area contributed by atoms with E-state index in [1.165, 1.54) is 0 Å². The van der Waals surface area contributed by atoms with Crippen LogP contribution in [0.2, 0.25) is 0 Å². The average molecular weight is 325 g/mol. The molecule has 1 aromatic rings. The number of nitrogens with two attached hydrogens (primary N) is 1. The largest absolute Gasteiger partial charge is 0.502 e. The molecule has 0 amide bonds. The number of nitrogens with one attached hydrogen (secondary N) is 1. The maximum absolute atomic E-state index is 11.8. The first-order valence-corrected chi connectivity index (χ1v) is 8.20. The highest BCUT2D eigenvalue weighted by Crippen LogP contribution is 2.27. The molecule has 0 aliphatic rings. The standard InChI is InChI=1S/C8H11N3O7S2/c9-19(15,16)4-3-10-20(17,18)6-1-2-8(12)7(5-6)11(13)14/h1-2,5,10,12H,3-4H2,(H2,9,15,16). The Morgan fingerprint density at radius 1 is 1.30 bits per heavy atom. The second kappa shape index (κ2) is 5.70. The van der Waals surface area contributed by atoms with Crippen LogP contribution < -0.4 is 9.86 Å². The van der Waals surface area contributed by atoms with E-state index in [0.29, 0.717) is 6.07 Å². The maximum atomic E-state index is 11.8. The number of nitro benzene ring substituents is 1. The van der Waals surface area contributed by atoms with Crippen molar-refractivity contribution in [1.82, 2.24) is 4.72 Å².